The highest BCUT2D eigenvalue weighted by atomic mass is 19.1. The van der Waals surface area contributed by atoms with E-state index in [0.717, 1.165) is 0 Å². The van der Waals surface area contributed by atoms with Gasteiger partial charge in [-0.2, -0.15) is 0 Å². The zero-order valence-electron chi connectivity index (χ0n) is 15.5. The van der Waals surface area contributed by atoms with Gasteiger partial charge in [0.05, 0.1) is 5.69 Å². The first-order valence-electron chi connectivity index (χ1n) is 8.90. The average molecular weight is 384 g/mol. The number of fused-ring (bicyclic) bond motifs is 1. The summed E-state index contributed by atoms with van der Waals surface area (Å²) >= 11 is 0. The number of methoxy groups -OCH3 is 1. The minimum absolute atomic E-state index is 0.0245. The van der Waals surface area contributed by atoms with Gasteiger partial charge in [-0.3, -0.25) is 14.5 Å². The normalized spacial score (nSPS) is 14.6. The fourth-order valence-electron chi connectivity index (χ4n) is 2.81. The van der Waals surface area contributed by atoms with Gasteiger partial charge >= 0.3 is 0 Å². The van der Waals surface area contributed by atoms with Crippen LogP contribution in [-0.2, 0) is 14.3 Å². The molecule has 3 rings (SSSR count). The third-order valence-electron chi connectivity index (χ3n) is 4.13. The Morgan fingerprint density at radius 2 is 2.07 bits per heavy atom. The van der Waals surface area contributed by atoms with Gasteiger partial charge in [0, 0.05) is 20.3 Å². The summed E-state index contributed by atoms with van der Waals surface area (Å²) < 4.78 is 24.1. The molecular weight excluding hydrogens is 363 g/mol. The van der Waals surface area contributed by atoms with Crippen LogP contribution in [0.5, 0.6) is 5.75 Å². The number of hydrogen-bond donors (Lipinski definition) is 1. The van der Waals surface area contributed by atoms with E-state index in [0.29, 0.717) is 36.6 Å². The molecule has 146 valence electrons. The molecule has 0 atom stereocenters. The highest BCUT2D eigenvalue weighted by molar-refractivity contribution is 6.12. The molecule has 2 aromatic rings. The molecule has 1 N–H and O–H groups in total. The van der Waals surface area contributed by atoms with E-state index >= 15 is 0 Å². The van der Waals surface area contributed by atoms with E-state index < -0.39 is 11.7 Å². The van der Waals surface area contributed by atoms with Crippen molar-refractivity contribution in [2.24, 2.45) is 0 Å². The fourth-order valence-corrected chi connectivity index (χ4v) is 2.81. The molecule has 1 aliphatic heterocycles. The fraction of sp³-hybridized carbons (Fsp3) is 0.238. The van der Waals surface area contributed by atoms with Crippen molar-refractivity contribution in [3.63, 3.8) is 0 Å². The van der Waals surface area contributed by atoms with Crippen LogP contribution in [0.4, 0.5) is 10.1 Å². The number of hydrogen-bond acceptors (Lipinski definition) is 4. The van der Waals surface area contributed by atoms with E-state index in [-0.39, 0.29) is 18.2 Å². The Morgan fingerprint density at radius 3 is 2.86 bits per heavy atom. The third-order valence-corrected chi connectivity index (χ3v) is 4.13. The molecule has 1 aliphatic rings. The second kappa shape index (κ2) is 9.14. The number of amides is 2. The zero-order chi connectivity index (χ0) is 19.9. The van der Waals surface area contributed by atoms with Crippen LogP contribution in [0.15, 0.2) is 54.3 Å². The van der Waals surface area contributed by atoms with Crippen molar-refractivity contribution in [2.75, 3.05) is 31.7 Å². The molecule has 28 heavy (non-hydrogen) atoms. The molecule has 2 aromatic carbocycles. The van der Waals surface area contributed by atoms with Gasteiger partial charge in [-0.05, 0) is 42.3 Å². The van der Waals surface area contributed by atoms with Crippen LogP contribution in [0.25, 0.3) is 6.08 Å². The standard InChI is InChI=1S/C21H21FN2O4/c1-27-11-5-10-23-20(25)14-24-17-8-2-3-9-18(17)28-19(21(24)26)13-15-6-4-7-16(22)12-15/h2-4,6-9,12-13H,5,10-11,14H2,1H3,(H,23,25). The van der Waals surface area contributed by atoms with E-state index in [2.05, 4.69) is 5.32 Å². The molecule has 0 saturated carbocycles. The lowest BCUT2D eigenvalue weighted by molar-refractivity contribution is -0.123. The Kier molecular flexibility index (Phi) is 6.39. The quantitative estimate of drug-likeness (QED) is 0.589. The summed E-state index contributed by atoms with van der Waals surface area (Å²) in [7, 11) is 1.59. The number of halogens is 1. The molecule has 6 nitrogen and oxygen atoms in total. The van der Waals surface area contributed by atoms with Gasteiger partial charge in [-0.1, -0.05) is 24.3 Å². The van der Waals surface area contributed by atoms with Crippen LogP contribution < -0.4 is 15.0 Å². The smallest absolute Gasteiger partial charge is 0.294 e. The highest BCUT2D eigenvalue weighted by Crippen LogP contribution is 2.35. The zero-order valence-corrected chi connectivity index (χ0v) is 15.5. The minimum Gasteiger partial charge on any atom is -0.449 e. The second-order valence-corrected chi connectivity index (χ2v) is 6.22. The van der Waals surface area contributed by atoms with E-state index in [1.165, 1.54) is 23.1 Å². The maximum absolute atomic E-state index is 13.5. The monoisotopic (exact) mass is 384 g/mol. The summed E-state index contributed by atoms with van der Waals surface area (Å²) in [6.07, 6.45) is 2.14. The van der Waals surface area contributed by atoms with Crippen molar-refractivity contribution in [3.05, 3.63) is 65.7 Å². The molecule has 0 radical (unpaired) electrons. The van der Waals surface area contributed by atoms with Crippen molar-refractivity contribution in [2.45, 2.75) is 6.42 Å². The summed E-state index contributed by atoms with van der Waals surface area (Å²) in [5, 5.41) is 2.77. The van der Waals surface area contributed by atoms with E-state index in [4.69, 9.17) is 9.47 Å². The van der Waals surface area contributed by atoms with Crippen molar-refractivity contribution in [1.82, 2.24) is 5.32 Å². The Balaban J connectivity index is 1.82. The summed E-state index contributed by atoms with van der Waals surface area (Å²) in [5.74, 6) is -0.681. The summed E-state index contributed by atoms with van der Waals surface area (Å²) in [4.78, 5) is 26.6. The van der Waals surface area contributed by atoms with Gasteiger partial charge < -0.3 is 14.8 Å². The van der Waals surface area contributed by atoms with Gasteiger partial charge in [0.2, 0.25) is 5.91 Å². The lowest BCUT2D eigenvalue weighted by Crippen LogP contribution is -2.44. The average Bonchev–Trinajstić information content (AvgIpc) is 2.68. The van der Waals surface area contributed by atoms with Crippen LogP contribution in [0.2, 0.25) is 0 Å². The number of carbonyl (C=O) groups excluding carboxylic acids is 2. The molecule has 0 aliphatic carbocycles. The van der Waals surface area contributed by atoms with Crippen LogP contribution in [0.1, 0.15) is 12.0 Å². The number of nitrogens with zero attached hydrogens (tertiary/aromatic N) is 1. The number of carbonyl (C=O) groups is 2. The molecule has 0 unspecified atom stereocenters. The number of benzene rings is 2. The minimum atomic E-state index is -0.463. The van der Waals surface area contributed by atoms with Gasteiger partial charge in [-0.15, -0.1) is 0 Å². The van der Waals surface area contributed by atoms with Crippen molar-refractivity contribution in [1.29, 1.82) is 0 Å². The van der Waals surface area contributed by atoms with E-state index in [1.54, 1.807) is 43.5 Å². The van der Waals surface area contributed by atoms with Crippen molar-refractivity contribution < 1.29 is 23.5 Å². The number of rotatable bonds is 7. The molecule has 2 amide bonds. The van der Waals surface area contributed by atoms with Crippen LogP contribution in [-0.4, -0.2) is 38.6 Å². The van der Waals surface area contributed by atoms with Crippen LogP contribution in [0, 0.1) is 5.82 Å². The third kappa shape index (κ3) is 4.75. The van der Waals surface area contributed by atoms with E-state index in [1.807, 2.05) is 0 Å². The van der Waals surface area contributed by atoms with Crippen molar-refractivity contribution >= 4 is 23.6 Å². The van der Waals surface area contributed by atoms with E-state index in [9.17, 15) is 14.0 Å². The molecule has 0 aromatic heterocycles. The van der Waals surface area contributed by atoms with Gasteiger partial charge in [0.25, 0.3) is 5.91 Å². The summed E-state index contributed by atoms with van der Waals surface area (Å²) in [6.45, 7) is 0.853. The number of nitrogens with one attached hydrogen (secondary N) is 1. The maximum atomic E-state index is 13.5. The highest BCUT2D eigenvalue weighted by Gasteiger charge is 2.31. The Bertz CT molecular complexity index is 897. The predicted octanol–water partition coefficient (Wildman–Crippen LogP) is 2.74. The van der Waals surface area contributed by atoms with Crippen molar-refractivity contribution in [3.8, 4) is 5.75 Å². The maximum Gasteiger partial charge on any atom is 0.294 e. The second-order valence-electron chi connectivity index (χ2n) is 6.22. The molecule has 7 heteroatoms. The first-order chi connectivity index (χ1) is 13.6. The Labute approximate surface area is 162 Å². The largest absolute Gasteiger partial charge is 0.449 e. The number of para-hydroxylation sites is 2. The lowest BCUT2D eigenvalue weighted by atomic mass is 10.1. The lowest BCUT2D eigenvalue weighted by Gasteiger charge is -2.30. The summed E-state index contributed by atoms with van der Waals surface area (Å²) in [6, 6.07) is 12.8. The molecule has 0 spiro atoms. The first-order valence-corrected chi connectivity index (χ1v) is 8.90. The topological polar surface area (TPSA) is 67.9 Å². The Morgan fingerprint density at radius 1 is 1.25 bits per heavy atom. The predicted molar refractivity (Wildman–Crippen MR) is 103 cm³/mol. The number of ether oxygens (including phenoxy) is 2. The summed E-state index contributed by atoms with van der Waals surface area (Å²) in [5.41, 5.74) is 1.00. The van der Waals surface area contributed by atoms with Crippen LogP contribution >= 0.6 is 0 Å². The van der Waals surface area contributed by atoms with Crippen LogP contribution in [0.3, 0.4) is 0 Å². The number of anilines is 1. The Hall–Kier alpha value is -3.19. The molecule has 0 bridgehead atoms. The molecular formula is C21H21FN2O4. The molecule has 0 fully saturated rings. The van der Waals surface area contributed by atoms with Gasteiger partial charge in [-0.25, -0.2) is 4.39 Å². The van der Waals surface area contributed by atoms with Gasteiger partial charge in [0.15, 0.2) is 11.5 Å². The first kappa shape index (κ1) is 19.6. The molecule has 1 heterocycles. The molecule has 0 saturated heterocycles. The SMILES string of the molecule is COCCCNC(=O)CN1C(=O)C(=Cc2cccc(F)c2)Oc2ccccc21. The van der Waals surface area contributed by atoms with Gasteiger partial charge in [0.1, 0.15) is 12.4 Å².